The lowest BCUT2D eigenvalue weighted by atomic mass is 10.0. The quantitative estimate of drug-likeness (QED) is 0.464. The van der Waals surface area contributed by atoms with Crippen molar-refractivity contribution in [2.75, 3.05) is 38.7 Å². The highest BCUT2D eigenvalue weighted by atomic mass is 32.1. The SMILES string of the molecule is COc1cc(-c2cncc(-c3cc(NC(=O)CC4CCCC4)cs3)n2)ccc1CN1CCOCC1. The van der Waals surface area contributed by atoms with Crippen LogP contribution in [0, 0.1) is 5.92 Å². The third kappa shape index (κ3) is 6.07. The largest absolute Gasteiger partial charge is 0.496 e. The number of carbonyl (C=O) groups excluding carboxylic acids is 1. The number of benzene rings is 1. The van der Waals surface area contributed by atoms with Crippen LogP contribution in [0.3, 0.4) is 0 Å². The second kappa shape index (κ2) is 11.3. The molecule has 2 aromatic heterocycles. The summed E-state index contributed by atoms with van der Waals surface area (Å²) in [7, 11) is 1.71. The molecule has 1 saturated heterocycles. The number of methoxy groups -OCH3 is 1. The van der Waals surface area contributed by atoms with Crippen molar-refractivity contribution in [1.29, 1.82) is 0 Å². The van der Waals surface area contributed by atoms with Crippen LogP contribution in [0.1, 0.15) is 37.7 Å². The van der Waals surface area contributed by atoms with Crippen molar-refractivity contribution in [2.45, 2.75) is 38.6 Å². The Morgan fingerprint density at radius 2 is 1.97 bits per heavy atom. The van der Waals surface area contributed by atoms with Crippen LogP contribution in [0.15, 0.2) is 42.0 Å². The third-order valence-corrected chi connectivity index (χ3v) is 7.75. The summed E-state index contributed by atoms with van der Waals surface area (Å²) in [6.07, 6.45) is 8.99. The third-order valence-electron chi connectivity index (χ3n) is 6.80. The Balaban J connectivity index is 1.28. The summed E-state index contributed by atoms with van der Waals surface area (Å²) < 4.78 is 11.2. The zero-order valence-corrected chi connectivity index (χ0v) is 21.0. The first-order chi connectivity index (χ1) is 17.2. The molecule has 2 fully saturated rings. The average Bonchev–Trinajstić information content (AvgIpc) is 3.57. The second-order valence-electron chi connectivity index (χ2n) is 9.31. The standard InChI is InChI=1S/C27H32N4O3S/c1-33-25-13-20(6-7-21(25)17-31-8-10-34-11-9-31)23-15-28-16-24(30-23)26-14-22(18-35-26)29-27(32)12-19-4-2-3-5-19/h6-7,13-16,18-19H,2-5,8-12,17H2,1H3,(H,29,32). The predicted octanol–water partition coefficient (Wildman–Crippen LogP) is 5.23. The summed E-state index contributed by atoms with van der Waals surface area (Å²) in [4.78, 5) is 25.1. The molecule has 0 bridgehead atoms. The number of thiophene rings is 1. The lowest BCUT2D eigenvalue weighted by molar-refractivity contribution is -0.117. The summed E-state index contributed by atoms with van der Waals surface area (Å²) in [6.45, 7) is 4.25. The lowest BCUT2D eigenvalue weighted by Crippen LogP contribution is -2.35. The number of carbonyl (C=O) groups is 1. The fourth-order valence-electron chi connectivity index (χ4n) is 4.88. The van der Waals surface area contributed by atoms with Crippen molar-refractivity contribution < 1.29 is 14.3 Å². The lowest BCUT2D eigenvalue weighted by Gasteiger charge is -2.27. The maximum atomic E-state index is 12.4. The van der Waals surface area contributed by atoms with Gasteiger partial charge in [0.1, 0.15) is 5.75 Å². The summed E-state index contributed by atoms with van der Waals surface area (Å²) in [5.41, 5.74) is 4.52. The monoisotopic (exact) mass is 492 g/mol. The van der Waals surface area contributed by atoms with Crippen molar-refractivity contribution in [2.24, 2.45) is 5.92 Å². The van der Waals surface area contributed by atoms with Gasteiger partial charge in [-0.2, -0.15) is 0 Å². The number of nitrogens with zero attached hydrogens (tertiary/aromatic N) is 3. The fraction of sp³-hybridized carbons (Fsp3) is 0.444. The highest BCUT2D eigenvalue weighted by Gasteiger charge is 2.19. The van der Waals surface area contributed by atoms with Crippen molar-refractivity contribution in [3.63, 3.8) is 0 Å². The molecule has 0 atom stereocenters. The molecule has 3 aromatic rings. The normalized spacial score (nSPS) is 16.9. The number of hydrogen-bond donors (Lipinski definition) is 1. The van der Waals surface area contributed by atoms with E-state index in [0.717, 1.165) is 71.7 Å². The Labute approximate surface area is 210 Å². The zero-order valence-electron chi connectivity index (χ0n) is 20.2. The number of nitrogens with one attached hydrogen (secondary N) is 1. The van der Waals surface area contributed by atoms with Crippen LogP contribution in [0.25, 0.3) is 21.8 Å². The number of rotatable bonds is 8. The van der Waals surface area contributed by atoms with Gasteiger partial charge in [-0.1, -0.05) is 25.0 Å². The van der Waals surface area contributed by atoms with Crippen molar-refractivity contribution >= 4 is 22.9 Å². The van der Waals surface area contributed by atoms with E-state index in [0.29, 0.717) is 12.3 Å². The Morgan fingerprint density at radius 3 is 2.77 bits per heavy atom. The van der Waals surface area contributed by atoms with Crippen LogP contribution in [0.5, 0.6) is 5.75 Å². The zero-order chi connectivity index (χ0) is 24.0. The van der Waals surface area contributed by atoms with E-state index >= 15 is 0 Å². The number of hydrogen-bond acceptors (Lipinski definition) is 7. The maximum absolute atomic E-state index is 12.4. The average molecular weight is 493 g/mol. The molecule has 1 amide bonds. The van der Waals surface area contributed by atoms with Gasteiger partial charge in [-0.25, -0.2) is 4.98 Å². The molecule has 2 aliphatic rings. The highest BCUT2D eigenvalue weighted by molar-refractivity contribution is 7.14. The molecule has 1 aliphatic carbocycles. The minimum Gasteiger partial charge on any atom is -0.496 e. The van der Waals surface area contributed by atoms with Crippen LogP contribution in [0.4, 0.5) is 5.69 Å². The predicted molar refractivity (Wildman–Crippen MR) is 139 cm³/mol. The van der Waals surface area contributed by atoms with E-state index in [1.165, 1.54) is 25.7 Å². The molecule has 1 aliphatic heterocycles. The molecule has 7 nitrogen and oxygen atoms in total. The molecule has 1 N–H and O–H groups in total. The van der Waals surface area contributed by atoms with Gasteiger partial charge in [0.2, 0.25) is 5.91 Å². The smallest absolute Gasteiger partial charge is 0.224 e. The molecule has 8 heteroatoms. The van der Waals surface area contributed by atoms with Gasteiger partial charge in [-0.15, -0.1) is 11.3 Å². The van der Waals surface area contributed by atoms with Crippen molar-refractivity contribution in [1.82, 2.24) is 14.9 Å². The molecule has 184 valence electrons. The summed E-state index contributed by atoms with van der Waals surface area (Å²) in [5.74, 6) is 1.49. The molecular formula is C27H32N4O3S. The van der Waals surface area contributed by atoms with E-state index in [1.54, 1.807) is 30.8 Å². The molecule has 0 radical (unpaired) electrons. The number of amides is 1. The number of aromatic nitrogens is 2. The van der Waals surface area contributed by atoms with Crippen LogP contribution in [0.2, 0.25) is 0 Å². The van der Waals surface area contributed by atoms with Gasteiger partial charge < -0.3 is 14.8 Å². The van der Waals surface area contributed by atoms with Gasteiger partial charge in [0, 0.05) is 42.6 Å². The molecular weight excluding hydrogens is 460 g/mol. The van der Waals surface area contributed by atoms with E-state index < -0.39 is 0 Å². The van der Waals surface area contributed by atoms with E-state index in [4.69, 9.17) is 14.5 Å². The van der Waals surface area contributed by atoms with Crippen LogP contribution in [-0.4, -0.2) is 54.2 Å². The molecule has 1 aromatic carbocycles. The summed E-state index contributed by atoms with van der Waals surface area (Å²) in [5, 5.41) is 5.03. The Bertz CT molecular complexity index is 1150. The van der Waals surface area contributed by atoms with Gasteiger partial charge in [0.15, 0.2) is 0 Å². The van der Waals surface area contributed by atoms with E-state index in [2.05, 4.69) is 27.3 Å². The van der Waals surface area contributed by atoms with Crippen LogP contribution >= 0.6 is 11.3 Å². The number of anilines is 1. The molecule has 0 unspecified atom stereocenters. The van der Waals surface area contributed by atoms with Crippen LogP contribution < -0.4 is 10.1 Å². The number of ether oxygens (including phenoxy) is 2. The maximum Gasteiger partial charge on any atom is 0.224 e. The first-order valence-electron chi connectivity index (χ1n) is 12.4. The van der Waals surface area contributed by atoms with Crippen molar-refractivity contribution in [3.8, 4) is 27.6 Å². The Morgan fingerprint density at radius 1 is 1.17 bits per heavy atom. The molecule has 3 heterocycles. The van der Waals surface area contributed by atoms with Gasteiger partial charge in [-0.05, 0) is 30.9 Å². The first kappa shape index (κ1) is 23.9. The van der Waals surface area contributed by atoms with Crippen LogP contribution in [-0.2, 0) is 16.1 Å². The Hall–Kier alpha value is -2.81. The fourth-order valence-corrected chi connectivity index (χ4v) is 5.68. The second-order valence-corrected chi connectivity index (χ2v) is 10.2. The first-order valence-corrected chi connectivity index (χ1v) is 13.2. The molecule has 35 heavy (non-hydrogen) atoms. The highest BCUT2D eigenvalue weighted by Crippen LogP contribution is 2.32. The minimum atomic E-state index is 0.102. The molecule has 5 rings (SSSR count). The van der Waals surface area contributed by atoms with E-state index in [9.17, 15) is 4.79 Å². The summed E-state index contributed by atoms with van der Waals surface area (Å²) in [6, 6.07) is 8.21. The molecule has 0 spiro atoms. The topological polar surface area (TPSA) is 76.6 Å². The summed E-state index contributed by atoms with van der Waals surface area (Å²) >= 11 is 1.56. The van der Waals surface area contributed by atoms with Gasteiger partial charge >= 0.3 is 0 Å². The van der Waals surface area contributed by atoms with Gasteiger partial charge in [0.25, 0.3) is 0 Å². The van der Waals surface area contributed by atoms with Gasteiger partial charge in [0.05, 0.1) is 54.7 Å². The van der Waals surface area contributed by atoms with Gasteiger partial charge in [-0.3, -0.25) is 14.7 Å². The number of morpholine rings is 1. The van der Waals surface area contributed by atoms with E-state index in [1.807, 2.05) is 17.5 Å². The molecule has 1 saturated carbocycles. The van der Waals surface area contributed by atoms with E-state index in [-0.39, 0.29) is 5.91 Å². The minimum absolute atomic E-state index is 0.102. The van der Waals surface area contributed by atoms with Crippen molar-refractivity contribution in [3.05, 3.63) is 47.6 Å². The Kier molecular flexibility index (Phi) is 7.71.